The standard InChI is InChI=1S/C24H22N6O3/c1-16-7-9-17(10-8-16)23-27-29-30(28-23)15-22(31)25-19-13-11-18(12-14-19)24(32)26-20-5-3-4-6-21(20)33-2/h3-14H,15H2,1-2H3,(H,25,31)(H,26,32). The average molecular weight is 442 g/mol. The third-order valence-corrected chi connectivity index (χ3v) is 4.83. The Morgan fingerprint density at radius 1 is 0.939 bits per heavy atom. The van der Waals surface area contributed by atoms with Crippen molar-refractivity contribution in [2.24, 2.45) is 0 Å². The first-order chi connectivity index (χ1) is 16.0. The topological polar surface area (TPSA) is 111 Å². The van der Waals surface area contributed by atoms with Gasteiger partial charge in [-0.2, -0.15) is 4.80 Å². The number of nitrogens with zero attached hydrogens (tertiary/aromatic N) is 4. The summed E-state index contributed by atoms with van der Waals surface area (Å²) in [6.07, 6.45) is 0. The number of benzene rings is 3. The van der Waals surface area contributed by atoms with Crippen LogP contribution in [0.4, 0.5) is 11.4 Å². The van der Waals surface area contributed by atoms with Gasteiger partial charge >= 0.3 is 0 Å². The molecule has 0 bridgehead atoms. The molecule has 9 heteroatoms. The summed E-state index contributed by atoms with van der Waals surface area (Å²) in [6, 6.07) is 21.5. The van der Waals surface area contributed by atoms with Crippen LogP contribution in [0.1, 0.15) is 15.9 Å². The Morgan fingerprint density at radius 2 is 1.67 bits per heavy atom. The van der Waals surface area contributed by atoms with Gasteiger partial charge in [-0.1, -0.05) is 42.0 Å². The predicted octanol–water partition coefficient (Wildman–Crippen LogP) is 3.55. The number of carbonyl (C=O) groups is 2. The van der Waals surface area contributed by atoms with Crippen molar-refractivity contribution in [3.8, 4) is 17.1 Å². The van der Waals surface area contributed by atoms with Crippen LogP contribution in [-0.4, -0.2) is 39.1 Å². The Bertz CT molecular complexity index is 1270. The van der Waals surface area contributed by atoms with E-state index < -0.39 is 0 Å². The Labute approximate surface area is 190 Å². The zero-order chi connectivity index (χ0) is 23.2. The molecule has 0 aliphatic rings. The van der Waals surface area contributed by atoms with Gasteiger partial charge in [0.25, 0.3) is 5.91 Å². The van der Waals surface area contributed by atoms with Gasteiger partial charge in [-0.05, 0) is 48.5 Å². The molecule has 0 saturated heterocycles. The molecular formula is C24H22N6O3. The first-order valence-corrected chi connectivity index (χ1v) is 10.2. The van der Waals surface area contributed by atoms with E-state index in [-0.39, 0.29) is 18.4 Å². The minimum atomic E-state index is -0.311. The van der Waals surface area contributed by atoms with Crippen LogP contribution in [-0.2, 0) is 11.3 Å². The summed E-state index contributed by atoms with van der Waals surface area (Å²) >= 11 is 0. The second-order valence-electron chi connectivity index (χ2n) is 7.29. The first-order valence-electron chi connectivity index (χ1n) is 10.2. The highest BCUT2D eigenvalue weighted by Crippen LogP contribution is 2.24. The van der Waals surface area contributed by atoms with Crippen molar-refractivity contribution in [2.75, 3.05) is 17.7 Å². The summed E-state index contributed by atoms with van der Waals surface area (Å²) in [5, 5.41) is 17.8. The summed E-state index contributed by atoms with van der Waals surface area (Å²) in [7, 11) is 1.54. The lowest BCUT2D eigenvalue weighted by molar-refractivity contribution is -0.117. The van der Waals surface area contributed by atoms with Crippen molar-refractivity contribution in [1.82, 2.24) is 20.2 Å². The number of rotatable bonds is 7. The number of hydrogen-bond acceptors (Lipinski definition) is 6. The van der Waals surface area contributed by atoms with E-state index in [0.29, 0.717) is 28.5 Å². The molecular weight excluding hydrogens is 420 g/mol. The summed E-state index contributed by atoms with van der Waals surface area (Å²) in [5.41, 5.74) is 3.53. The van der Waals surface area contributed by atoms with Crippen LogP contribution in [0.25, 0.3) is 11.4 Å². The van der Waals surface area contributed by atoms with Crippen molar-refractivity contribution in [3.05, 3.63) is 83.9 Å². The van der Waals surface area contributed by atoms with Crippen molar-refractivity contribution in [2.45, 2.75) is 13.5 Å². The number of amides is 2. The fraction of sp³-hybridized carbons (Fsp3) is 0.125. The number of carbonyl (C=O) groups excluding carboxylic acids is 2. The number of tetrazole rings is 1. The molecule has 2 N–H and O–H groups in total. The molecule has 0 spiro atoms. The van der Waals surface area contributed by atoms with E-state index in [2.05, 4.69) is 26.0 Å². The molecule has 0 aliphatic heterocycles. The molecule has 4 rings (SSSR count). The van der Waals surface area contributed by atoms with Gasteiger partial charge in [0.2, 0.25) is 11.7 Å². The van der Waals surface area contributed by atoms with E-state index in [0.717, 1.165) is 11.1 Å². The predicted molar refractivity (Wildman–Crippen MR) is 124 cm³/mol. The Balaban J connectivity index is 1.34. The normalized spacial score (nSPS) is 10.5. The molecule has 33 heavy (non-hydrogen) atoms. The van der Waals surface area contributed by atoms with Gasteiger partial charge in [-0.25, -0.2) is 0 Å². The van der Waals surface area contributed by atoms with Gasteiger partial charge in [0.05, 0.1) is 12.8 Å². The van der Waals surface area contributed by atoms with E-state index in [9.17, 15) is 9.59 Å². The van der Waals surface area contributed by atoms with Crippen LogP contribution >= 0.6 is 0 Å². The molecule has 9 nitrogen and oxygen atoms in total. The molecule has 2 amide bonds. The van der Waals surface area contributed by atoms with Gasteiger partial charge in [0.1, 0.15) is 12.3 Å². The minimum absolute atomic E-state index is 0.0884. The molecule has 1 heterocycles. The smallest absolute Gasteiger partial charge is 0.255 e. The molecule has 0 atom stereocenters. The Hall–Kier alpha value is -4.53. The van der Waals surface area contributed by atoms with E-state index in [1.807, 2.05) is 43.3 Å². The van der Waals surface area contributed by atoms with Gasteiger partial charge in [0.15, 0.2) is 0 Å². The number of aromatic nitrogens is 4. The van der Waals surface area contributed by atoms with E-state index in [1.54, 1.807) is 43.5 Å². The van der Waals surface area contributed by atoms with Crippen LogP contribution in [0.2, 0.25) is 0 Å². The number of methoxy groups -OCH3 is 1. The summed E-state index contributed by atoms with van der Waals surface area (Å²) in [4.78, 5) is 26.1. The zero-order valence-corrected chi connectivity index (χ0v) is 18.1. The maximum absolute atomic E-state index is 12.5. The Morgan fingerprint density at radius 3 is 2.39 bits per heavy atom. The van der Waals surface area contributed by atoms with Crippen molar-refractivity contribution in [1.29, 1.82) is 0 Å². The maximum Gasteiger partial charge on any atom is 0.255 e. The Kier molecular flexibility index (Phi) is 6.40. The number of nitrogens with one attached hydrogen (secondary N) is 2. The number of hydrogen-bond donors (Lipinski definition) is 2. The van der Waals surface area contributed by atoms with Crippen molar-refractivity contribution < 1.29 is 14.3 Å². The van der Waals surface area contributed by atoms with Crippen molar-refractivity contribution in [3.63, 3.8) is 0 Å². The highest BCUT2D eigenvalue weighted by Gasteiger charge is 2.12. The highest BCUT2D eigenvalue weighted by molar-refractivity contribution is 6.05. The van der Waals surface area contributed by atoms with Gasteiger partial charge in [-0.3, -0.25) is 9.59 Å². The molecule has 0 saturated carbocycles. The van der Waals surface area contributed by atoms with Crippen LogP contribution in [0.3, 0.4) is 0 Å². The van der Waals surface area contributed by atoms with Gasteiger partial charge in [-0.15, -0.1) is 10.2 Å². The third-order valence-electron chi connectivity index (χ3n) is 4.83. The van der Waals surface area contributed by atoms with Crippen LogP contribution in [0, 0.1) is 6.92 Å². The lowest BCUT2D eigenvalue weighted by Crippen LogP contribution is -2.20. The minimum Gasteiger partial charge on any atom is -0.495 e. The van der Waals surface area contributed by atoms with Gasteiger partial charge in [0, 0.05) is 16.8 Å². The molecule has 0 radical (unpaired) electrons. The van der Waals surface area contributed by atoms with Crippen LogP contribution in [0.5, 0.6) is 5.75 Å². The molecule has 3 aromatic carbocycles. The number of para-hydroxylation sites is 2. The van der Waals surface area contributed by atoms with Crippen LogP contribution in [0.15, 0.2) is 72.8 Å². The second-order valence-corrected chi connectivity index (χ2v) is 7.29. The fourth-order valence-corrected chi connectivity index (χ4v) is 3.10. The quantitative estimate of drug-likeness (QED) is 0.453. The summed E-state index contributed by atoms with van der Waals surface area (Å²) < 4.78 is 5.25. The highest BCUT2D eigenvalue weighted by atomic mass is 16.5. The van der Waals surface area contributed by atoms with E-state index in [4.69, 9.17) is 4.74 Å². The monoisotopic (exact) mass is 442 g/mol. The van der Waals surface area contributed by atoms with Crippen LogP contribution < -0.4 is 15.4 Å². The lowest BCUT2D eigenvalue weighted by atomic mass is 10.1. The molecule has 166 valence electrons. The SMILES string of the molecule is COc1ccccc1NC(=O)c1ccc(NC(=O)Cn2nnc(-c3ccc(C)cc3)n2)cc1. The first kappa shape index (κ1) is 21.7. The van der Waals surface area contributed by atoms with E-state index in [1.165, 1.54) is 4.80 Å². The molecule has 0 fully saturated rings. The molecule has 4 aromatic rings. The molecule has 1 aromatic heterocycles. The second kappa shape index (κ2) is 9.73. The lowest BCUT2D eigenvalue weighted by Gasteiger charge is -2.10. The number of anilines is 2. The number of ether oxygens (including phenoxy) is 1. The summed E-state index contributed by atoms with van der Waals surface area (Å²) in [5.74, 6) is 0.428. The molecule has 0 unspecified atom stereocenters. The zero-order valence-electron chi connectivity index (χ0n) is 18.1. The average Bonchev–Trinajstić information content (AvgIpc) is 3.28. The van der Waals surface area contributed by atoms with Gasteiger partial charge < -0.3 is 15.4 Å². The fourth-order valence-electron chi connectivity index (χ4n) is 3.10. The third kappa shape index (κ3) is 5.40. The number of aryl methyl sites for hydroxylation is 1. The summed E-state index contributed by atoms with van der Waals surface area (Å²) in [6.45, 7) is 1.91. The van der Waals surface area contributed by atoms with E-state index >= 15 is 0 Å². The largest absolute Gasteiger partial charge is 0.495 e. The molecule has 0 aliphatic carbocycles. The maximum atomic E-state index is 12.5. The van der Waals surface area contributed by atoms with Crippen molar-refractivity contribution >= 4 is 23.2 Å².